The molecule has 0 radical (unpaired) electrons. The number of unbranched alkanes of at least 4 members (excludes halogenated alkanes) is 3. The highest BCUT2D eigenvalue weighted by Gasteiger charge is 2.35. The average molecular weight is 1420 g/mol. The van der Waals surface area contributed by atoms with Gasteiger partial charge in [-0.2, -0.15) is 0 Å². The average Bonchev–Trinajstić information content (AvgIpc) is 0.972. The van der Waals surface area contributed by atoms with E-state index in [0.29, 0.717) is 71.6 Å². The molecule has 5 amide bonds. The van der Waals surface area contributed by atoms with Crippen molar-refractivity contribution >= 4 is 107 Å². The standard InChI is InChI=1S/C69H85BrFN7O17S/c1-40-27-42(3)64(43(4)28-40)69(93)74-26-11-9-14-45(65(72)89)32-52(79)16-6-5-10-25-73-66(90)46(19-23-61(83)84)35-58(81)56(34-49-38-75-55-18-8-7-17-54(49)55)77-68(92)48(30-44-13-12-15-51(71)31-44)33-53(80)39-76-67(91)47(20-24-62(85)86)36-59(82)57(37-63(87)88)78-96(94,95)60-22-21-50(70)29-41(60)2/h7-8,12-13,15,17-18,21-22,27-29,31,38,45-48,56-57,75,78H,5-6,9-11,14,16,19-20,23-26,30,32-37,39H2,1-4H3,(H2,72,89)(H,73,90)(H,74,93)(H,76,91)(H,77,92)(H,83,84)(H,85,86)(H,87,88)/t45-,46-,47-,48-,56+,57-/m1/s1. The lowest BCUT2D eigenvalue weighted by Crippen LogP contribution is -2.47. The highest BCUT2D eigenvalue weighted by Crippen LogP contribution is 2.26. The zero-order valence-electron chi connectivity index (χ0n) is 54.2. The molecule has 96 heavy (non-hydrogen) atoms. The van der Waals surface area contributed by atoms with E-state index in [1.54, 1.807) is 30.5 Å². The van der Waals surface area contributed by atoms with Crippen molar-refractivity contribution in [3.63, 3.8) is 0 Å². The minimum atomic E-state index is -4.54. The van der Waals surface area contributed by atoms with Crippen LogP contribution in [0.2, 0.25) is 0 Å². The molecule has 11 N–H and O–H groups in total. The van der Waals surface area contributed by atoms with Gasteiger partial charge >= 0.3 is 17.9 Å². The van der Waals surface area contributed by atoms with Crippen LogP contribution in [0.15, 0.2) is 94.4 Å². The normalized spacial score (nSPS) is 13.3. The summed E-state index contributed by atoms with van der Waals surface area (Å²) in [6.07, 6.45) is -1.08. The predicted molar refractivity (Wildman–Crippen MR) is 356 cm³/mol. The Hall–Kier alpha value is -8.82. The maximum absolute atomic E-state index is 14.7. The molecule has 0 bridgehead atoms. The molecule has 6 atom stereocenters. The molecule has 27 heteroatoms. The minimum absolute atomic E-state index is 0.0487. The van der Waals surface area contributed by atoms with Gasteiger partial charge in [0, 0.05) is 115 Å². The number of hydrogen-bond acceptors (Lipinski definition) is 14. The van der Waals surface area contributed by atoms with Gasteiger partial charge in [-0.1, -0.05) is 76.8 Å². The predicted octanol–water partition coefficient (Wildman–Crippen LogP) is 7.30. The van der Waals surface area contributed by atoms with Gasteiger partial charge in [-0.05, 0) is 137 Å². The molecule has 0 unspecified atom stereocenters. The molecule has 0 aliphatic carbocycles. The summed E-state index contributed by atoms with van der Waals surface area (Å²) in [5, 5.41) is 40.3. The van der Waals surface area contributed by atoms with Crippen LogP contribution in [-0.4, -0.2) is 131 Å². The van der Waals surface area contributed by atoms with E-state index in [1.807, 2.05) is 32.9 Å². The van der Waals surface area contributed by atoms with E-state index in [0.717, 1.165) is 28.8 Å². The Kier molecular flexibility index (Phi) is 30.9. The molecule has 0 aliphatic rings. The number of halogens is 2. The lowest BCUT2D eigenvalue weighted by Gasteiger charge is -2.24. The van der Waals surface area contributed by atoms with Gasteiger partial charge in [-0.15, -0.1) is 0 Å². The van der Waals surface area contributed by atoms with Gasteiger partial charge in [0.05, 0.1) is 29.9 Å². The van der Waals surface area contributed by atoms with Gasteiger partial charge in [0.2, 0.25) is 33.7 Å². The molecule has 5 rings (SSSR count). The largest absolute Gasteiger partial charge is 0.481 e. The zero-order valence-corrected chi connectivity index (χ0v) is 56.6. The fourth-order valence-corrected chi connectivity index (χ4v) is 13.5. The molecule has 5 aromatic rings. The van der Waals surface area contributed by atoms with Gasteiger partial charge in [-0.3, -0.25) is 57.5 Å². The second kappa shape index (κ2) is 38.1. The molecule has 1 aromatic heterocycles. The monoisotopic (exact) mass is 1410 g/mol. The lowest BCUT2D eigenvalue weighted by molar-refractivity contribution is -0.140. The second-order valence-corrected chi connectivity index (χ2v) is 27.0. The van der Waals surface area contributed by atoms with E-state index in [4.69, 9.17) is 5.73 Å². The molecule has 0 spiro atoms. The van der Waals surface area contributed by atoms with Crippen molar-refractivity contribution in [1.29, 1.82) is 0 Å². The first kappa shape index (κ1) is 77.9. The molecule has 0 aliphatic heterocycles. The number of benzene rings is 4. The number of amides is 5. The number of carboxylic acids is 3. The Morgan fingerprint density at radius 1 is 0.573 bits per heavy atom. The van der Waals surface area contributed by atoms with Gasteiger partial charge < -0.3 is 47.3 Å². The molecule has 0 saturated heterocycles. The molecular weight excluding hydrogens is 1330 g/mol. The number of hydrogen-bond donors (Lipinski definition) is 10. The van der Waals surface area contributed by atoms with Crippen molar-refractivity contribution in [2.45, 2.75) is 160 Å². The Bertz CT molecular complexity index is 3760. The number of aryl methyl sites for hydroxylation is 4. The number of carbonyl (C=O) groups is 12. The number of nitrogens with one attached hydrogen (secondary N) is 6. The number of primary amides is 1. The fraction of sp³-hybridized carbons (Fsp3) is 0.449. The Labute approximate surface area is 564 Å². The van der Waals surface area contributed by atoms with E-state index in [2.05, 4.69) is 46.9 Å². The Morgan fingerprint density at radius 3 is 1.81 bits per heavy atom. The lowest BCUT2D eigenvalue weighted by atomic mass is 9.89. The number of ketones is 4. The minimum Gasteiger partial charge on any atom is -0.481 e. The van der Waals surface area contributed by atoms with Crippen molar-refractivity contribution in [2.24, 2.45) is 29.4 Å². The first-order valence-electron chi connectivity index (χ1n) is 31.7. The number of carboxylic acid groups (broad SMARTS) is 3. The number of aromatic nitrogens is 1. The quantitative estimate of drug-likeness (QED) is 0.0171. The number of rotatable bonds is 44. The zero-order chi connectivity index (χ0) is 70.8. The van der Waals surface area contributed by atoms with Crippen molar-refractivity contribution in [3.05, 3.63) is 134 Å². The highest BCUT2D eigenvalue weighted by molar-refractivity contribution is 9.10. The number of carbonyl (C=O) groups excluding carboxylic acids is 9. The third-order valence-electron chi connectivity index (χ3n) is 16.5. The third kappa shape index (κ3) is 25.7. The van der Waals surface area contributed by atoms with E-state index in [1.165, 1.54) is 37.3 Å². The van der Waals surface area contributed by atoms with Crippen LogP contribution < -0.4 is 31.7 Å². The van der Waals surface area contributed by atoms with Crippen LogP contribution in [0.25, 0.3) is 10.9 Å². The number of H-pyrrole nitrogens is 1. The van der Waals surface area contributed by atoms with Crippen LogP contribution in [-0.2, 0) is 75.6 Å². The molecule has 24 nitrogen and oxygen atoms in total. The van der Waals surface area contributed by atoms with Crippen molar-refractivity contribution < 1.29 is 85.7 Å². The molecule has 1 heterocycles. The molecule has 0 fully saturated rings. The number of para-hydroxylation sites is 1. The molecule has 4 aromatic carbocycles. The summed E-state index contributed by atoms with van der Waals surface area (Å²) in [7, 11) is -4.54. The van der Waals surface area contributed by atoms with Crippen molar-refractivity contribution in [1.82, 2.24) is 31.0 Å². The van der Waals surface area contributed by atoms with E-state index >= 15 is 0 Å². The smallest absolute Gasteiger partial charge is 0.305 e. The third-order valence-corrected chi connectivity index (χ3v) is 18.6. The van der Waals surface area contributed by atoms with Gasteiger partial charge in [0.25, 0.3) is 5.91 Å². The summed E-state index contributed by atoms with van der Waals surface area (Å²) in [4.78, 5) is 161. The summed E-state index contributed by atoms with van der Waals surface area (Å²) in [5.41, 5.74) is 10.8. The number of aromatic amines is 1. The maximum Gasteiger partial charge on any atom is 0.305 e. The van der Waals surface area contributed by atoms with Crippen LogP contribution in [0.1, 0.15) is 146 Å². The van der Waals surface area contributed by atoms with E-state index in [9.17, 15) is 85.7 Å². The molecule has 0 saturated carbocycles. The van der Waals surface area contributed by atoms with Crippen molar-refractivity contribution in [3.8, 4) is 0 Å². The maximum atomic E-state index is 14.7. The summed E-state index contributed by atoms with van der Waals surface area (Å²) < 4.78 is 44.2. The Morgan fingerprint density at radius 2 is 1.19 bits per heavy atom. The highest BCUT2D eigenvalue weighted by atomic mass is 79.9. The first-order chi connectivity index (χ1) is 45.4. The SMILES string of the molecule is Cc1cc(C)c(C(=O)NCCCC[C@H](CC(=O)CCCCCNC(=O)[C@H](CCC(=O)O)CC(=O)[C@H](Cc2c[nH]c3ccccc23)NC(=O)[C@@H](CC(=O)CNC(=O)[C@H](CCC(=O)O)CC(=O)[C@@H](CC(=O)O)NS(=O)(=O)c2ccc(Br)cc2C)Cc2cccc(F)c2)C(N)=O)c(C)c1. The second-order valence-electron chi connectivity index (χ2n) is 24.4. The van der Waals surface area contributed by atoms with Crippen LogP contribution in [0.3, 0.4) is 0 Å². The summed E-state index contributed by atoms with van der Waals surface area (Å²) >= 11 is 3.23. The van der Waals surface area contributed by atoms with E-state index < -0.39 is 162 Å². The molecule has 518 valence electrons. The number of sulfonamides is 1. The fourth-order valence-electron chi connectivity index (χ4n) is 11.6. The number of aliphatic carboxylic acids is 3. The van der Waals surface area contributed by atoms with Gasteiger partial charge in [0.1, 0.15) is 11.6 Å². The van der Waals surface area contributed by atoms with Gasteiger partial charge in [-0.25, -0.2) is 17.5 Å². The summed E-state index contributed by atoms with van der Waals surface area (Å²) in [6, 6.07) is 16.9. The Balaban J connectivity index is 1.24. The van der Waals surface area contributed by atoms with E-state index in [-0.39, 0.29) is 66.4 Å². The number of Topliss-reactive ketones (excluding diaryl/α,β-unsaturated/α-hetero) is 4. The number of fused-ring (bicyclic) bond motifs is 1. The molecular formula is C69H85BrFN7O17S. The van der Waals surface area contributed by atoms with Crippen LogP contribution in [0.5, 0.6) is 0 Å². The van der Waals surface area contributed by atoms with Crippen molar-refractivity contribution in [2.75, 3.05) is 19.6 Å². The van der Waals surface area contributed by atoms with Crippen LogP contribution >= 0.6 is 15.9 Å². The number of nitrogens with two attached hydrogens (primary N) is 1. The summed E-state index contributed by atoms with van der Waals surface area (Å²) in [5.74, 6) is -15.8. The van der Waals surface area contributed by atoms with Crippen LogP contribution in [0, 0.1) is 57.2 Å². The van der Waals surface area contributed by atoms with Gasteiger partial charge in [0.15, 0.2) is 17.3 Å². The first-order valence-corrected chi connectivity index (χ1v) is 34.0. The van der Waals surface area contributed by atoms with Crippen LogP contribution in [0.4, 0.5) is 4.39 Å². The summed E-state index contributed by atoms with van der Waals surface area (Å²) in [6.45, 7) is 6.84. The topological polar surface area (TPSA) is 402 Å².